The van der Waals surface area contributed by atoms with Gasteiger partial charge in [-0.1, -0.05) is 30.3 Å². The van der Waals surface area contributed by atoms with E-state index in [4.69, 9.17) is 0 Å². The summed E-state index contributed by atoms with van der Waals surface area (Å²) in [5, 5.41) is 10.2. The largest absolute Gasteiger partial charge is 0.381 e. The van der Waals surface area contributed by atoms with Crippen LogP contribution in [0.15, 0.2) is 42.7 Å². The topological polar surface area (TPSA) is 59.0 Å². The lowest BCUT2D eigenvalue weighted by Gasteiger charge is -2.04. The molecule has 0 aliphatic rings. The van der Waals surface area contributed by atoms with Gasteiger partial charge in [0.2, 0.25) is 5.91 Å². The Labute approximate surface area is 112 Å². The summed E-state index contributed by atoms with van der Waals surface area (Å²) < 4.78 is 1.88. The van der Waals surface area contributed by atoms with E-state index in [1.54, 1.807) is 6.20 Å². The molecule has 0 saturated carbocycles. The Bertz CT molecular complexity index is 521. The lowest BCUT2D eigenvalue weighted by molar-refractivity contribution is -0.118. The molecule has 5 heteroatoms. The molecule has 1 amide bonds. The summed E-state index contributed by atoms with van der Waals surface area (Å²) in [7, 11) is 0. The molecule has 0 spiro atoms. The van der Waals surface area contributed by atoms with Gasteiger partial charge in [-0.25, -0.2) is 0 Å². The third-order valence-electron chi connectivity index (χ3n) is 2.65. The van der Waals surface area contributed by atoms with Crippen molar-refractivity contribution in [2.75, 3.05) is 18.4 Å². The lowest BCUT2D eigenvalue weighted by atomic mass is 10.2. The second kappa shape index (κ2) is 6.58. The number of benzene rings is 1. The Morgan fingerprint density at radius 1 is 1.26 bits per heavy atom. The number of hydrogen-bond donors (Lipinski definition) is 2. The summed E-state index contributed by atoms with van der Waals surface area (Å²) in [5.74, 6) is -0.0124. The highest BCUT2D eigenvalue weighted by Crippen LogP contribution is 2.07. The van der Waals surface area contributed by atoms with Crippen molar-refractivity contribution in [2.24, 2.45) is 0 Å². The van der Waals surface area contributed by atoms with Crippen molar-refractivity contribution in [1.29, 1.82) is 0 Å². The highest BCUT2D eigenvalue weighted by atomic mass is 16.1. The normalized spacial score (nSPS) is 10.2. The van der Waals surface area contributed by atoms with Gasteiger partial charge in [-0.05, 0) is 5.56 Å². The molecule has 0 bridgehead atoms. The van der Waals surface area contributed by atoms with Gasteiger partial charge in [0.15, 0.2) is 0 Å². The quantitative estimate of drug-likeness (QED) is 0.772. The van der Waals surface area contributed by atoms with Crippen LogP contribution in [0.5, 0.6) is 0 Å². The van der Waals surface area contributed by atoms with Crippen LogP contribution >= 0.6 is 0 Å². The minimum atomic E-state index is -0.0124. The Morgan fingerprint density at radius 3 is 2.79 bits per heavy atom. The summed E-state index contributed by atoms with van der Waals surface area (Å²) >= 11 is 0. The zero-order valence-corrected chi connectivity index (χ0v) is 11.0. The van der Waals surface area contributed by atoms with Crippen molar-refractivity contribution in [3.63, 3.8) is 0 Å². The van der Waals surface area contributed by atoms with E-state index >= 15 is 0 Å². The summed E-state index contributed by atoms with van der Waals surface area (Å²) in [5.41, 5.74) is 2.18. The van der Waals surface area contributed by atoms with Gasteiger partial charge in [0.25, 0.3) is 0 Å². The molecular weight excluding hydrogens is 240 g/mol. The van der Waals surface area contributed by atoms with E-state index in [9.17, 15) is 4.79 Å². The number of hydrogen-bond acceptors (Lipinski definition) is 3. The Kier molecular flexibility index (Phi) is 4.55. The molecule has 5 nitrogen and oxygen atoms in total. The lowest BCUT2D eigenvalue weighted by Crippen LogP contribution is -2.26. The van der Waals surface area contributed by atoms with Crippen LogP contribution in [0, 0.1) is 0 Å². The first kappa shape index (κ1) is 13.1. The van der Waals surface area contributed by atoms with Crippen LogP contribution in [0.3, 0.4) is 0 Å². The summed E-state index contributed by atoms with van der Waals surface area (Å²) in [6.45, 7) is 3.57. The minimum absolute atomic E-state index is 0.0124. The highest BCUT2D eigenvalue weighted by molar-refractivity contribution is 5.72. The van der Waals surface area contributed by atoms with Crippen molar-refractivity contribution in [1.82, 2.24) is 15.1 Å². The summed E-state index contributed by atoms with van der Waals surface area (Å²) in [6, 6.07) is 10.2. The fourth-order valence-corrected chi connectivity index (χ4v) is 1.76. The highest BCUT2D eigenvalue weighted by Gasteiger charge is 1.99. The maximum absolute atomic E-state index is 10.7. The zero-order chi connectivity index (χ0) is 13.5. The number of nitrogens with zero attached hydrogens (tertiary/aromatic N) is 2. The second-order valence-corrected chi connectivity index (χ2v) is 4.32. The molecule has 2 aromatic rings. The summed E-state index contributed by atoms with van der Waals surface area (Å²) in [6.07, 6.45) is 3.75. The van der Waals surface area contributed by atoms with E-state index in [1.807, 2.05) is 29.1 Å². The van der Waals surface area contributed by atoms with Crippen LogP contribution in [0.2, 0.25) is 0 Å². The van der Waals surface area contributed by atoms with Gasteiger partial charge in [0.05, 0.1) is 18.4 Å². The number of nitrogens with one attached hydrogen (secondary N) is 2. The van der Waals surface area contributed by atoms with Crippen LogP contribution in [-0.2, 0) is 11.3 Å². The van der Waals surface area contributed by atoms with Crippen molar-refractivity contribution < 1.29 is 4.79 Å². The first-order chi connectivity index (χ1) is 9.24. The third kappa shape index (κ3) is 4.46. The van der Waals surface area contributed by atoms with Gasteiger partial charge in [-0.15, -0.1) is 0 Å². The van der Waals surface area contributed by atoms with Gasteiger partial charge in [0.1, 0.15) is 0 Å². The molecule has 19 heavy (non-hydrogen) atoms. The molecule has 0 unspecified atom stereocenters. The van der Waals surface area contributed by atoms with Gasteiger partial charge < -0.3 is 10.6 Å². The Hall–Kier alpha value is -2.30. The molecule has 0 aliphatic heterocycles. The molecule has 2 N–H and O–H groups in total. The standard InChI is InChI=1S/C14H18N4O/c1-12(19)15-7-8-16-14-9-17-18(11-14)10-13-5-3-2-4-6-13/h2-6,9,11,16H,7-8,10H2,1H3,(H,15,19). The SMILES string of the molecule is CC(=O)NCCNc1cnn(Cc2ccccc2)c1. The van der Waals surface area contributed by atoms with Gasteiger partial charge in [-0.3, -0.25) is 9.48 Å². The van der Waals surface area contributed by atoms with Crippen LogP contribution in [0.1, 0.15) is 12.5 Å². The third-order valence-corrected chi connectivity index (χ3v) is 2.65. The number of anilines is 1. The maximum Gasteiger partial charge on any atom is 0.216 e. The molecule has 0 saturated heterocycles. The number of amides is 1. The molecule has 0 atom stereocenters. The van der Waals surface area contributed by atoms with Crippen LogP contribution < -0.4 is 10.6 Å². The Morgan fingerprint density at radius 2 is 2.05 bits per heavy atom. The fraction of sp³-hybridized carbons (Fsp3) is 0.286. The van der Waals surface area contributed by atoms with E-state index < -0.39 is 0 Å². The Balaban J connectivity index is 1.80. The van der Waals surface area contributed by atoms with E-state index in [1.165, 1.54) is 12.5 Å². The number of rotatable bonds is 6. The van der Waals surface area contributed by atoms with E-state index in [0.29, 0.717) is 13.1 Å². The van der Waals surface area contributed by atoms with Gasteiger partial charge in [-0.2, -0.15) is 5.10 Å². The molecule has 100 valence electrons. The molecule has 1 heterocycles. The van der Waals surface area contributed by atoms with E-state index in [0.717, 1.165) is 12.2 Å². The van der Waals surface area contributed by atoms with Crippen molar-refractivity contribution >= 4 is 11.6 Å². The van der Waals surface area contributed by atoms with Crippen molar-refractivity contribution in [3.8, 4) is 0 Å². The first-order valence-corrected chi connectivity index (χ1v) is 6.29. The number of carbonyl (C=O) groups is 1. The molecule has 1 aromatic carbocycles. The fourth-order valence-electron chi connectivity index (χ4n) is 1.76. The van der Waals surface area contributed by atoms with Crippen molar-refractivity contribution in [3.05, 3.63) is 48.3 Å². The van der Waals surface area contributed by atoms with Crippen molar-refractivity contribution in [2.45, 2.75) is 13.5 Å². The van der Waals surface area contributed by atoms with Crippen LogP contribution in [-0.4, -0.2) is 28.8 Å². The molecule has 1 aromatic heterocycles. The van der Waals surface area contributed by atoms with E-state index in [-0.39, 0.29) is 5.91 Å². The van der Waals surface area contributed by atoms with Gasteiger partial charge in [0, 0.05) is 26.2 Å². The zero-order valence-electron chi connectivity index (χ0n) is 11.0. The molecular formula is C14H18N4O. The molecule has 0 aliphatic carbocycles. The molecule has 0 radical (unpaired) electrons. The summed E-state index contributed by atoms with van der Waals surface area (Å²) in [4.78, 5) is 10.7. The predicted molar refractivity (Wildman–Crippen MR) is 74.9 cm³/mol. The minimum Gasteiger partial charge on any atom is -0.381 e. The number of aromatic nitrogens is 2. The maximum atomic E-state index is 10.7. The smallest absolute Gasteiger partial charge is 0.216 e. The second-order valence-electron chi connectivity index (χ2n) is 4.32. The predicted octanol–water partition coefficient (Wildman–Crippen LogP) is 1.48. The van der Waals surface area contributed by atoms with Crippen LogP contribution in [0.4, 0.5) is 5.69 Å². The van der Waals surface area contributed by atoms with E-state index in [2.05, 4.69) is 27.9 Å². The first-order valence-electron chi connectivity index (χ1n) is 6.29. The van der Waals surface area contributed by atoms with Gasteiger partial charge >= 0.3 is 0 Å². The average Bonchev–Trinajstić information content (AvgIpc) is 2.83. The average molecular weight is 258 g/mol. The van der Waals surface area contributed by atoms with Crippen LogP contribution in [0.25, 0.3) is 0 Å². The molecule has 2 rings (SSSR count). The number of carbonyl (C=O) groups excluding carboxylic acids is 1. The monoisotopic (exact) mass is 258 g/mol. The molecule has 0 fully saturated rings.